The normalized spacial score (nSPS) is 12.8. The molecule has 0 spiro atoms. The van der Waals surface area contributed by atoms with Crippen molar-refractivity contribution in [1.29, 1.82) is 0 Å². The van der Waals surface area contributed by atoms with Crippen molar-refractivity contribution >= 4 is 5.96 Å². The van der Waals surface area contributed by atoms with Crippen LogP contribution < -0.4 is 15.4 Å². The fourth-order valence-electron chi connectivity index (χ4n) is 1.97. The molecular weight excluding hydrogens is 264 g/mol. The maximum Gasteiger partial charge on any atom is 0.191 e. The predicted octanol–water partition coefficient (Wildman–Crippen LogP) is 2.59. The topological polar surface area (TPSA) is 58.5 Å². The first-order chi connectivity index (χ1) is 10.3. The molecule has 0 aliphatic carbocycles. The van der Waals surface area contributed by atoms with Gasteiger partial charge in [0.1, 0.15) is 12.4 Å². The summed E-state index contributed by atoms with van der Waals surface area (Å²) in [7, 11) is 1.79. The van der Waals surface area contributed by atoms with Crippen molar-refractivity contribution in [3.05, 3.63) is 24.5 Å². The molecule has 1 heterocycles. The van der Waals surface area contributed by atoms with E-state index in [0.717, 1.165) is 11.7 Å². The number of hydrogen-bond donors (Lipinski definition) is 2. The van der Waals surface area contributed by atoms with Crippen molar-refractivity contribution in [2.75, 3.05) is 20.2 Å². The molecule has 0 aliphatic heterocycles. The van der Waals surface area contributed by atoms with Gasteiger partial charge in [0.15, 0.2) is 5.96 Å². The predicted molar refractivity (Wildman–Crippen MR) is 87.8 cm³/mol. The van der Waals surface area contributed by atoms with Crippen LogP contribution >= 0.6 is 0 Å². The van der Waals surface area contributed by atoms with Gasteiger partial charge in [0, 0.05) is 19.3 Å². The second-order valence-corrected chi connectivity index (χ2v) is 5.08. The maximum atomic E-state index is 5.58. The highest BCUT2D eigenvalue weighted by molar-refractivity contribution is 5.79. The Hall–Kier alpha value is -1.78. The Morgan fingerprint density at radius 1 is 1.43 bits per heavy atom. The van der Waals surface area contributed by atoms with Crippen molar-refractivity contribution in [3.8, 4) is 5.75 Å². The summed E-state index contributed by atoms with van der Waals surface area (Å²) in [6, 6.07) is 4.19. The molecule has 21 heavy (non-hydrogen) atoms. The number of unbranched alkanes of at least 4 members (excludes halogenated alkanes) is 2. The summed E-state index contributed by atoms with van der Waals surface area (Å²) < 4.78 is 5.58. The molecule has 0 aromatic carbocycles. The number of ether oxygens (including phenoxy) is 1. The van der Waals surface area contributed by atoms with Crippen LogP contribution in [0.4, 0.5) is 0 Å². The molecule has 1 rings (SSSR count). The summed E-state index contributed by atoms with van der Waals surface area (Å²) in [5.74, 6) is 1.61. The van der Waals surface area contributed by atoms with Gasteiger partial charge in [-0.3, -0.25) is 9.98 Å². The molecule has 1 aromatic heterocycles. The van der Waals surface area contributed by atoms with Crippen molar-refractivity contribution in [3.63, 3.8) is 0 Å². The molecule has 1 aromatic rings. The second-order valence-electron chi connectivity index (χ2n) is 5.08. The van der Waals surface area contributed by atoms with Gasteiger partial charge in [0.05, 0.1) is 12.7 Å². The Bertz CT molecular complexity index is 395. The Labute approximate surface area is 128 Å². The summed E-state index contributed by atoms with van der Waals surface area (Å²) in [6.07, 6.45) is 8.41. The number of nitrogens with one attached hydrogen (secondary N) is 2. The van der Waals surface area contributed by atoms with Crippen LogP contribution in [-0.2, 0) is 0 Å². The highest BCUT2D eigenvalue weighted by Crippen LogP contribution is 2.05. The molecule has 2 N–H and O–H groups in total. The smallest absolute Gasteiger partial charge is 0.191 e. The highest BCUT2D eigenvalue weighted by atomic mass is 16.5. The van der Waals surface area contributed by atoms with Crippen LogP contribution in [0.3, 0.4) is 0 Å². The molecule has 5 heteroatoms. The minimum absolute atomic E-state index is 0.432. The molecule has 0 saturated heterocycles. The van der Waals surface area contributed by atoms with Crippen LogP contribution in [-0.4, -0.2) is 37.2 Å². The number of aromatic nitrogens is 1. The Balaban J connectivity index is 2.16. The van der Waals surface area contributed by atoms with E-state index >= 15 is 0 Å². The van der Waals surface area contributed by atoms with E-state index in [-0.39, 0.29) is 0 Å². The average molecular weight is 292 g/mol. The summed E-state index contributed by atoms with van der Waals surface area (Å²) in [5.41, 5.74) is 0. The fourth-order valence-corrected chi connectivity index (χ4v) is 1.97. The number of aliphatic imine (C=N–C) groups is 1. The number of nitrogens with zero attached hydrogens (tertiary/aromatic N) is 2. The van der Waals surface area contributed by atoms with Crippen LogP contribution in [0.25, 0.3) is 0 Å². The molecule has 118 valence electrons. The standard InChI is InChI=1S/C16H28N4O/c1-4-5-6-8-14(2)20-16(17-3)19-11-12-21-15-9-7-10-18-13-15/h7,9-10,13-14H,4-6,8,11-12H2,1-3H3,(H2,17,19,20). The summed E-state index contributed by atoms with van der Waals surface area (Å²) in [4.78, 5) is 8.24. The summed E-state index contributed by atoms with van der Waals surface area (Å²) in [5, 5.41) is 6.65. The fraction of sp³-hybridized carbons (Fsp3) is 0.625. The Morgan fingerprint density at radius 2 is 2.29 bits per heavy atom. The zero-order valence-corrected chi connectivity index (χ0v) is 13.4. The van der Waals surface area contributed by atoms with Crippen molar-refractivity contribution < 1.29 is 4.74 Å². The molecule has 1 atom stereocenters. The van der Waals surface area contributed by atoms with Crippen LogP contribution in [0, 0.1) is 0 Å². The molecule has 0 bridgehead atoms. The third-order valence-corrected chi connectivity index (χ3v) is 3.15. The van der Waals surface area contributed by atoms with Gasteiger partial charge in [-0.05, 0) is 25.5 Å². The maximum absolute atomic E-state index is 5.58. The van der Waals surface area contributed by atoms with Crippen LogP contribution in [0.5, 0.6) is 5.75 Å². The highest BCUT2D eigenvalue weighted by Gasteiger charge is 2.04. The SMILES string of the molecule is CCCCCC(C)NC(=NC)NCCOc1cccnc1. The van der Waals surface area contributed by atoms with E-state index in [4.69, 9.17) is 4.74 Å². The lowest BCUT2D eigenvalue weighted by Gasteiger charge is -2.18. The molecular formula is C16H28N4O. The largest absolute Gasteiger partial charge is 0.490 e. The van der Waals surface area contributed by atoms with Gasteiger partial charge in [-0.15, -0.1) is 0 Å². The number of rotatable bonds is 9. The Morgan fingerprint density at radius 3 is 2.95 bits per heavy atom. The Kier molecular flexibility index (Phi) is 9.00. The molecule has 0 radical (unpaired) electrons. The van der Waals surface area contributed by atoms with E-state index in [1.54, 1.807) is 19.4 Å². The van der Waals surface area contributed by atoms with Gasteiger partial charge in [-0.1, -0.05) is 26.2 Å². The number of pyridine rings is 1. The monoisotopic (exact) mass is 292 g/mol. The van der Waals surface area contributed by atoms with Gasteiger partial charge in [0.2, 0.25) is 0 Å². The minimum Gasteiger partial charge on any atom is -0.490 e. The molecule has 0 aliphatic rings. The third-order valence-electron chi connectivity index (χ3n) is 3.15. The van der Waals surface area contributed by atoms with E-state index in [9.17, 15) is 0 Å². The van der Waals surface area contributed by atoms with Crippen LogP contribution in [0.15, 0.2) is 29.5 Å². The molecule has 0 saturated carbocycles. The van der Waals surface area contributed by atoms with Gasteiger partial charge >= 0.3 is 0 Å². The third kappa shape index (κ3) is 8.17. The van der Waals surface area contributed by atoms with E-state index in [1.165, 1.54) is 25.7 Å². The summed E-state index contributed by atoms with van der Waals surface area (Å²) >= 11 is 0. The quantitative estimate of drug-likeness (QED) is 0.417. The van der Waals surface area contributed by atoms with E-state index < -0.39 is 0 Å². The first kappa shape index (κ1) is 17.3. The van der Waals surface area contributed by atoms with Gasteiger partial charge < -0.3 is 15.4 Å². The zero-order valence-electron chi connectivity index (χ0n) is 13.4. The number of hydrogen-bond acceptors (Lipinski definition) is 3. The molecule has 0 fully saturated rings. The van der Waals surface area contributed by atoms with Crippen LogP contribution in [0.2, 0.25) is 0 Å². The van der Waals surface area contributed by atoms with Gasteiger partial charge in [-0.2, -0.15) is 0 Å². The average Bonchev–Trinajstić information content (AvgIpc) is 2.51. The van der Waals surface area contributed by atoms with E-state index in [2.05, 4.69) is 34.5 Å². The molecule has 0 amide bonds. The van der Waals surface area contributed by atoms with Gasteiger partial charge in [0.25, 0.3) is 0 Å². The molecule has 5 nitrogen and oxygen atoms in total. The lowest BCUT2D eigenvalue weighted by Crippen LogP contribution is -2.43. The zero-order chi connectivity index (χ0) is 15.3. The second kappa shape index (κ2) is 10.9. The van der Waals surface area contributed by atoms with E-state index in [1.807, 2.05) is 12.1 Å². The van der Waals surface area contributed by atoms with Crippen molar-refractivity contribution in [1.82, 2.24) is 15.6 Å². The van der Waals surface area contributed by atoms with E-state index in [0.29, 0.717) is 19.2 Å². The van der Waals surface area contributed by atoms with Crippen LogP contribution in [0.1, 0.15) is 39.5 Å². The van der Waals surface area contributed by atoms with Gasteiger partial charge in [-0.25, -0.2) is 0 Å². The summed E-state index contributed by atoms with van der Waals surface area (Å²) in [6.45, 7) is 5.70. The minimum atomic E-state index is 0.432. The lowest BCUT2D eigenvalue weighted by molar-refractivity contribution is 0.320. The number of guanidine groups is 1. The van der Waals surface area contributed by atoms with Crippen molar-refractivity contribution in [2.24, 2.45) is 4.99 Å². The lowest BCUT2D eigenvalue weighted by atomic mass is 10.1. The first-order valence-corrected chi connectivity index (χ1v) is 7.76. The first-order valence-electron chi connectivity index (χ1n) is 7.76. The van der Waals surface area contributed by atoms with Crippen molar-refractivity contribution in [2.45, 2.75) is 45.6 Å². The molecule has 1 unspecified atom stereocenters.